The van der Waals surface area contributed by atoms with Crippen LogP contribution in [0.15, 0.2) is 0 Å². The predicted octanol–water partition coefficient (Wildman–Crippen LogP) is 1.24. The lowest BCUT2D eigenvalue weighted by Crippen LogP contribution is -2.45. The van der Waals surface area contributed by atoms with Gasteiger partial charge in [0.15, 0.2) is 0 Å². The second-order valence-electron chi connectivity index (χ2n) is 6.54. The summed E-state index contributed by atoms with van der Waals surface area (Å²) in [6.07, 6.45) is 2.95. The molecule has 4 unspecified atom stereocenters. The Morgan fingerprint density at radius 2 is 1.89 bits per heavy atom. The second kappa shape index (κ2) is 4.47. The Kier molecular flexibility index (Phi) is 3.37. The Balaban J connectivity index is 2.06. The standard InChI is InChI=1S/C14H23NO4/c1-13(2)8-5-6-14(13,3)9(7-8)19-12(17)10(15)11(16)18-4/h8-10H,5-7,15H2,1-4H3. The molecule has 0 amide bonds. The lowest BCUT2D eigenvalue weighted by molar-refractivity contribution is -0.164. The third kappa shape index (κ3) is 1.95. The van der Waals surface area contributed by atoms with E-state index in [9.17, 15) is 9.59 Å². The van der Waals surface area contributed by atoms with Gasteiger partial charge in [-0.25, -0.2) is 9.59 Å². The molecule has 2 aliphatic rings. The van der Waals surface area contributed by atoms with Crippen molar-refractivity contribution in [1.82, 2.24) is 0 Å². The predicted molar refractivity (Wildman–Crippen MR) is 69.1 cm³/mol. The van der Waals surface area contributed by atoms with Crippen LogP contribution in [0.25, 0.3) is 0 Å². The molecule has 2 bridgehead atoms. The molecular formula is C14H23NO4. The lowest BCUT2D eigenvalue weighted by Gasteiger charge is -2.38. The average Bonchev–Trinajstić information content (AvgIpc) is 2.69. The molecule has 0 aromatic carbocycles. The highest BCUT2D eigenvalue weighted by atomic mass is 16.6. The fourth-order valence-electron chi connectivity index (χ4n) is 3.75. The molecule has 2 saturated carbocycles. The molecule has 2 fully saturated rings. The number of esters is 2. The zero-order valence-corrected chi connectivity index (χ0v) is 12.1. The van der Waals surface area contributed by atoms with E-state index < -0.39 is 18.0 Å². The Morgan fingerprint density at radius 1 is 1.26 bits per heavy atom. The van der Waals surface area contributed by atoms with Gasteiger partial charge < -0.3 is 15.2 Å². The van der Waals surface area contributed by atoms with Gasteiger partial charge in [0.2, 0.25) is 6.04 Å². The van der Waals surface area contributed by atoms with Crippen molar-refractivity contribution in [2.75, 3.05) is 7.11 Å². The molecule has 0 aliphatic heterocycles. The van der Waals surface area contributed by atoms with Crippen LogP contribution in [0.5, 0.6) is 0 Å². The number of nitrogens with two attached hydrogens (primary N) is 1. The summed E-state index contributed by atoms with van der Waals surface area (Å²) in [5.74, 6) is -0.858. The smallest absolute Gasteiger partial charge is 0.334 e. The molecule has 108 valence electrons. The molecular weight excluding hydrogens is 246 g/mol. The number of methoxy groups -OCH3 is 1. The van der Waals surface area contributed by atoms with E-state index in [0.29, 0.717) is 5.92 Å². The number of rotatable bonds is 3. The molecule has 0 heterocycles. The highest BCUT2D eigenvalue weighted by molar-refractivity contribution is 5.98. The van der Waals surface area contributed by atoms with Gasteiger partial charge in [0.1, 0.15) is 6.10 Å². The third-order valence-electron chi connectivity index (χ3n) is 5.68. The van der Waals surface area contributed by atoms with Gasteiger partial charge in [-0.15, -0.1) is 0 Å². The maximum absolute atomic E-state index is 11.9. The van der Waals surface area contributed by atoms with Crippen molar-refractivity contribution in [2.45, 2.75) is 52.2 Å². The van der Waals surface area contributed by atoms with Gasteiger partial charge in [0, 0.05) is 5.41 Å². The summed E-state index contributed by atoms with van der Waals surface area (Å²) < 4.78 is 9.96. The van der Waals surface area contributed by atoms with Crippen molar-refractivity contribution >= 4 is 11.9 Å². The van der Waals surface area contributed by atoms with Crippen molar-refractivity contribution < 1.29 is 19.1 Å². The first-order chi connectivity index (χ1) is 8.74. The van der Waals surface area contributed by atoms with E-state index in [1.165, 1.54) is 13.5 Å². The molecule has 0 spiro atoms. The Hall–Kier alpha value is -1.10. The third-order valence-corrected chi connectivity index (χ3v) is 5.68. The number of hydrogen-bond donors (Lipinski definition) is 1. The van der Waals surface area contributed by atoms with Crippen molar-refractivity contribution in [3.8, 4) is 0 Å². The summed E-state index contributed by atoms with van der Waals surface area (Å²) in [5.41, 5.74) is 5.64. The minimum absolute atomic E-state index is 0.0246. The Labute approximate surface area is 113 Å². The Bertz CT molecular complexity index is 406. The van der Waals surface area contributed by atoms with Gasteiger partial charge in [-0.05, 0) is 30.6 Å². The van der Waals surface area contributed by atoms with Gasteiger partial charge >= 0.3 is 11.9 Å². The molecule has 0 aromatic rings. The first-order valence-electron chi connectivity index (χ1n) is 6.78. The van der Waals surface area contributed by atoms with E-state index in [-0.39, 0.29) is 16.9 Å². The van der Waals surface area contributed by atoms with Gasteiger partial charge in [-0.2, -0.15) is 0 Å². The molecule has 0 radical (unpaired) electrons. The SMILES string of the molecule is COC(=O)C(N)C(=O)OC1CC2CCC1(C)C2(C)C. The summed E-state index contributed by atoms with van der Waals surface area (Å²) in [4.78, 5) is 23.1. The summed E-state index contributed by atoms with van der Waals surface area (Å²) >= 11 is 0. The normalized spacial score (nSPS) is 36.9. The number of carbonyl (C=O) groups excluding carboxylic acids is 2. The van der Waals surface area contributed by atoms with E-state index in [1.807, 2.05) is 0 Å². The summed E-state index contributed by atoms with van der Waals surface area (Å²) in [6.45, 7) is 6.64. The van der Waals surface area contributed by atoms with Gasteiger partial charge in [-0.1, -0.05) is 20.8 Å². The highest BCUT2D eigenvalue weighted by Gasteiger charge is 2.63. The van der Waals surface area contributed by atoms with Crippen LogP contribution in [-0.4, -0.2) is 31.2 Å². The van der Waals surface area contributed by atoms with Crippen molar-refractivity contribution in [3.05, 3.63) is 0 Å². The van der Waals surface area contributed by atoms with Crippen LogP contribution < -0.4 is 5.73 Å². The van der Waals surface area contributed by atoms with Crippen LogP contribution >= 0.6 is 0 Å². The number of ether oxygens (including phenoxy) is 2. The van der Waals surface area contributed by atoms with Gasteiger partial charge in [0.05, 0.1) is 7.11 Å². The quantitative estimate of drug-likeness (QED) is 0.616. The molecule has 2 aliphatic carbocycles. The van der Waals surface area contributed by atoms with E-state index in [1.54, 1.807) is 0 Å². The number of hydrogen-bond acceptors (Lipinski definition) is 5. The molecule has 0 aromatic heterocycles. The number of fused-ring (bicyclic) bond motifs is 2. The van der Waals surface area contributed by atoms with Crippen LogP contribution in [0.2, 0.25) is 0 Å². The molecule has 2 rings (SSSR count). The minimum atomic E-state index is -1.34. The minimum Gasteiger partial charge on any atom is -0.467 e. The molecule has 5 nitrogen and oxygen atoms in total. The largest absolute Gasteiger partial charge is 0.467 e. The van der Waals surface area contributed by atoms with Crippen molar-refractivity contribution in [1.29, 1.82) is 0 Å². The average molecular weight is 269 g/mol. The fourth-order valence-corrected chi connectivity index (χ4v) is 3.75. The fraction of sp³-hybridized carbons (Fsp3) is 0.857. The van der Waals surface area contributed by atoms with Crippen LogP contribution in [0.4, 0.5) is 0 Å². The number of carbonyl (C=O) groups is 2. The maximum Gasteiger partial charge on any atom is 0.334 e. The van der Waals surface area contributed by atoms with Crippen LogP contribution in [0, 0.1) is 16.7 Å². The molecule has 19 heavy (non-hydrogen) atoms. The zero-order chi connectivity index (χ0) is 14.4. The van der Waals surface area contributed by atoms with Crippen LogP contribution in [0.1, 0.15) is 40.0 Å². The van der Waals surface area contributed by atoms with E-state index >= 15 is 0 Å². The van der Waals surface area contributed by atoms with E-state index in [2.05, 4.69) is 25.5 Å². The Morgan fingerprint density at radius 3 is 2.32 bits per heavy atom. The first-order valence-corrected chi connectivity index (χ1v) is 6.78. The van der Waals surface area contributed by atoms with Crippen molar-refractivity contribution in [2.24, 2.45) is 22.5 Å². The molecule has 4 atom stereocenters. The topological polar surface area (TPSA) is 78.6 Å². The highest BCUT2D eigenvalue weighted by Crippen LogP contribution is 2.66. The summed E-state index contributed by atoms with van der Waals surface area (Å²) in [6, 6.07) is -1.34. The molecule has 0 saturated heterocycles. The first kappa shape index (κ1) is 14.3. The van der Waals surface area contributed by atoms with Crippen molar-refractivity contribution in [3.63, 3.8) is 0 Å². The van der Waals surface area contributed by atoms with E-state index in [4.69, 9.17) is 10.5 Å². The van der Waals surface area contributed by atoms with E-state index in [0.717, 1.165) is 12.8 Å². The summed E-state index contributed by atoms with van der Waals surface area (Å²) in [7, 11) is 1.21. The zero-order valence-electron chi connectivity index (χ0n) is 12.1. The monoisotopic (exact) mass is 269 g/mol. The summed E-state index contributed by atoms with van der Waals surface area (Å²) in [5, 5.41) is 0. The van der Waals surface area contributed by atoms with Gasteiger partial charge in [0.25, 0.3) is 0 Å². The lowest BCUT2D eigenvalue weighted by atomic mass is 9.70. The molecule has 5 heteroatoms. The van der Waals surface area contributed by atoms with Crippen LogP contribution in [0.3, 0.4) is 0 Å². The molecule has 2 N–H and O–H groups in total. The second-order valence-corrected chi connectivity index (χ2v) is 6.54. The maximum atomic E-state index is 11.9. The van der Waals surface area contributed by atoms with Gasteiger partial charge in [-0.3, -0.25) is 0 Å². The van der Waals surface area contributed by atoms with Crippen LogP contribution in [-0.2, 0) is 19.1 Å².